The van der Waals surface area contributed by atoms with E-state index in [1.807, 2.05) is 0 Å². The van der Waals surface area contributed by atoms with Crippen molar-refractivity contribution in [1.82, 2.24) is 0 Å². The van der Waals surface area contributed by atoms with Crippen LogP contribution in [0.1, 0.15) is 16.7 Å². The van der Waals surface area contributed by atoms with Crippen LogP contribution in [0.3, 0.4) is 0 Å². The molecular formula is C19H12Cl4O5S. The van der Waals surface area contributed by atoms with Crippen LogP contribution in [0.25, 0.3) is 0 Å². The molecule has 0 spiro atoms. The molecular weight excluding hydrogens is 482 g/mol. The van der Waals surface area contributed by atoms with Crippen molar-refractivity contribution in [1.29, 1.82) is 0 Å². The summed E-state index contributed by atoms with van der Waals surface area (Å²) in [5.74, 6) is -0.821. The van der Waals surface area contributed by atoms with Crippen molar-refractivity contribution in [2.45, 2.75) is 4.75 Å². The molecule has 3 N–H and O–H groups in total. The fourth-order valence-corrected chi connectivity index (χ4v) is 5.51. The van der Waals surface area contributed by atoms with Crippen molar-refractivity contribution < 1.29 is 23.2 Å². The highest BCUT2D eigenvalue weighted by Crippen LogP contribution is 2.51. The number of para-hydroxylation sites is 1. The van der Waals surface area contributed by atoms with Gasteiger partial charge in [0.2, 0.25) is 0 Å². The monoisotopic (exact) mass is 492 g/mol. The van der Waals surface area contributed by atoms with Gasteiger partial charge < -0.3 is 10.2 Å². The summed E-state index contributed by atoms with van der Waals surface area (Å²) in [7, 11) is -5.11. The van der Waals surface area contributed by atoms with Gasteiger partial charge >= 0.3 is 0 Å². The second-order valence-electron chi connectivity index (χ2n) is 6.09. The van der Waals surface area contributed by atoms with E-state index in [2.05, 4.69) is 0 Å². The summed E-state index contributed by atoms with van der Waals surface area (Å²) in [5, 5.41) is 20.2. The maximum atomic E-state index is 13.0. The van der Waals surface area contributed by atoms with E-state index in [1.54, 1.807) is 0 Å². The maximum Gasteiger partial charge on any atom is 0.283 e. The summed E-state index contributed by atoms with van der Waals surface area (Å²) in [6.07, 6.45) is 0. The fraction of sp³-hybridized carbons (Fsp3) is 0.0526. The molecule has 0 amide bonds. The van der Waals surface area contributed by atoms with Gasteiger partial charge in [0.15, 0.2) is 4.75 Å². The van der Waals surface area contributed by atoms with Gasteiger partial charge in [-0.3, -0.25) is 4.55 Å². The van der Waals surface area contributed by atoms with E-state index in [4.69, 9.17) is 46.4 Å². The molecule has 5 nitrogen and oxygen atoms in total. The van der Waals surface area contributed by atoms with Gasteiger partial charge in [-0.2, -0.15) is 8.42 Å². The van der Waals surface area contributed by atoms with Crippen LogP contribution in [-0.4, -0.2) is 23.2 Å². The number of aromatic hydroxyl groups is 2. The number of benzene rings is 3. The fourth-order valence-electron chi connectivity index (χ4n) is 3.23. The zero-order chi connectivity index (χ0) is 21.6. The smallest absolute Gasteiger partial charge is 0.283 e. The van der Waals surface area contributed by atoms with Crippen molar-refractivity contribution in [2.24, 2.45) is 0 Å². The molecule has 0 fully saturated rings. The Balaban J connectivity index is 2.63. The van der Waals surface area contributed by atoms with E-state index in [0.717, 1.165) is 6.07 Å². The molecule has 3 rings (SSSR count). The second-order valence-corrected chi connectivity index (χ2v) is 9.26. The molecule has 0 aliphatic rings. The predicted octanol–water partition coefficient (Wildman–Crippen LogP) is 5.89. The molecule has 29 heavy (non-hydrogen) atoms. The minimum Gasteiger partial charge on any atom is -0.508 e. The lowest BCUT2D eigenvalue weighted by Gasteiger charge is -2.34. The predicted molar refractivity (Wildman–Crippen MR) is 114 cm³/mol. The van der Waals surface area contributed by atoms with Crippen LogP contribution < -0.4 is 0 Å². The zero-order valence-corrected chi connectivity index (χ0v) is 18.1. The van der Waals surface area contributed by atoms with Crippen molar-refractivity contribution in [2.75, 3.05) is 0 Å². The topological polar surface area (TPSA) is 94.8 Å². The molecule has 10 heteroatoms. The first-order valence-corrected chi connectivity index (χ1v) is 10.8. The third-order valence-corrected chi connectivity index (χ3v) is 7.34. The lowest BCUT2D eigenvalue weighted by molar-refractivity contribution is 0.439. The Kier molecular flexibility index (Phi) is 5.98. The molecule has 0 heterocycles. The van der Waals surface area contributed by atoms with Gasteiger partial charge in [0, 0.05) is 16.1 Å². The minimum absolute atomic E-state index is 0.0142. The SMILES string of the molecule is O=S(=O)(O)C(c1cc(O)cc(Cl)c1)(c1ccccc1O)c1ccc(Cl)c(Cl)c1Cl. The minimum atomic E-state index is -5.11. The summed E-state index contributed by atoms with van der Waals surface area (Å²) in [6, 6.07) is 11.5. The van der Waals surface area contributed by atoms with Crippen molar-refractivity contribution in [3.8, 4) is 11.5 Å². The van der Waals surface area contributed by atoms with Crippen LogP contribution in [-0.2, 0) is 14.9 Å². The van der Waals surface area contributed by atoms with Gasteiger partial charge in [-0.1, -0.05) is 70.7 Å². The molecule has 0 aliphatic carbocycles. The number of hydrogen-bond acceptors (Lipinski definition) is 4. The van der Waals surface area contributed by atoms with Crippen LogP contribution in [0, 0.1) is 0 Å². The zero-order valence-electron chi connectivity index (χ0n) is 14.3. The van der Waals surface area contributed by atoms with Crippen LogP contribution in [0.15, 0.2) is 54.6 Å². The van der Waals surface area contributed by atoms with Crippen molar-refractivity contribution >= 4 is 56.5 Å². The number of hydrogen-bond donors (Lipinski definition) is 3. The van der Waals surface area contributed by atoms with Crippen LogP contribution in [0.5, 0.6) is 11.5 Å². The largest absolute Gasteiger partial charge is 0.508 e. The highest BCUT2D eigenvalue weighted by molar-refractivity contribution is 7.87. The Labute approximate surface area is 186 Å². The van der Waals surface area contributed by atoms with E-state index < -0.39 is 20.6 Å². The summed E-state index contributed by atoms with van der Waals surface area (Å²) in [5.41, 5.74) is -0.601. The van der Waals surface area contributed by atoms with Crippen molar-refractivity contribution in [3.05, 3.63) is 91.4 Å². The third-order valence-electron chi connectivity index (χ3n) is 4.37. The van der Waals surface area contributed by atoms with E-state index in [-0.39, 0.29) is 42.5 Å². The summed E-state index contributed by atoms with van der Waals surface area (Å²) >= 11 is 24.5. The average molecular weight is 494 g/mol. The van der Waals surface area contributed by atoms with Gasteiger partial charge in [-0.05, 0) is 35.9 Å². The molecule has 0 aromatic heterocycles. The average Bonchev–Trinajstić information content (AvgIpc) is 2.61. The number of phenolic OH excluding ortho intramolecular Hbond substituents is 2. The molecule has 1 unspecified atom stereocenters. The van der Waals surface area contributed by atoms with Crippen LogP contribution in [0.4, 0.5) is 0 Å². The Morgan fingerprint density at radius 1 is 0.793 bits per heavy atom. The molecule has 0 radical (unpaired) electrons. The van der Waals surface area contributed by atoms with Crippen LogP contribution >= 0.6 is 46.4 Å². The number of phenols is 2. The molecule has 0 saturated heterocycles. The van der Waals surface area contributed by atoms with Gasteiger partial charge in [0.25, 0.3) is 10.1 Å². The van der Waals surface area contributed by atoms with Gasteiger partial charge in [-0.25, -0.2) is 0 Å². The normalized spacial score (nSPS) is 13.8. The first-order valence-electron chi connectivity index (χ1n) is 7.89. The van der Waals surface area contributed by atoms with E-state index >= 15 is 0 Å². The highest BCUT2D eigenvalue weighted by atomic mass is 35.5. The number of halogens is 4. The molecule has 152 valence electrons. The second kappa shape index (κ2) is 7.87. The van der Waals surface area contributed by atoms with Gasteiger partial charge in [0.1, 0.15) is 11.5 Å². The number of rotatable bonds is 4. The maximum absolute atomic E-state index is 13.0. The molecule has 0 aliphatic heterocycles. The summed E-state index contributed by atoms with van der Waals surface area (Å²) < 4.78 is 33.9. The first kappa shape index (κ1) is 22.0. The Morgan fingerprint density at radius 3 is 2.03 bits per heavy atom. The third kappa shape index (κ3) is 3.65. The van der Waals surface area contributed by atoms with E-state index in [1.165, 1.54) is 48.5 Å². The quantitative estimate of drug-likeness (QED) is 0.239. The Hall–Kier alpha value is -1.67. The van der Waals surface area contributed by atoms with Crippen LogP contribution in [0.2, 0.25) is 20.1 Å². The molecule has 3 aromatic carbocycles. The van der Waals surface area contributed by atoms with E-state index in [9.17, 15) is 23.2 Å². The van der Waals surface area contributed by atoms with Gasteiger partial charge in [-0.15, -0.1) is 0 Å². The first-order chi connectivity index (χ1) is 13.5. The summed E-state index contributed by atoms with van der Waals surface area (Å²) in [6.45, 7) is 0. The molecule has 0 bridgehead atoms. The van der Waals surface area contributed by atoms with E-state index in [0.29, 0.717) is 0 Å². The summed E-state index contributed by atoms with van der Waals surface area (Å²) in [4.78, 5) is 0. The standard InChI is InChI=1S/C19H12Cl4O5S/c20-11-7-10(8-12(24)9-11)19(29(26,27)28,13-3-1-2-4-16(13)25)14-5-6-15(21)18(23)17(14)22/h1-9,24-25H,(H,26,27,28). The lowest BCUT2D eigenvalue weighted by Crippen LogP contribution is -2.38. The van der Waals surface area contributed by atoms with Crippen molar-refractivity contribution in [3.63, 3.8) is 0 Å². The lowest BCUT2D eigenvalue weighted by atomic mass is 9.83. The Morgan fingerprint density at radius 2 is 1.45 bits per heavy atom. The molecule has 1 atom stereocenters. The molecule has 3 aromatic rings. The Bertz CT molecular complexity index is 1190. The molecule has 0 saturated carbocycles. The highest BCUT2D eigenvalue weighted by Gasteiger charge is 2.51. The van der Waals surface area contributed by atoms with Gasteiger partial charge in [0.05, 0.1) is 15.1 Å².